The number of hydrogen-bond donors (Lipinski definition) is 1. The molecular formula is C22H30N2O3. The highest BCUT2D eigenvalue weighted by Crippen LogP contribution is 2.17. The average Bonchev–Trinajstić information content (AvgIpc) is 2.74. The molecule has 1 heterocycles. The standard InChI is InChI=1S/C22H30N2O3/c1-26-21-9-7-19(8-10-21)17-24(12-11-23-13-15-27-16-14-23)18-22(25)20-5-3-2-4-6-20/h2-10,22,25H,11-18H2,1H3/t22-/m0/s1. The van der Waals surface area contributed by atoms with Crippen LogP contribution in [0.4, 0.5) is 0 Å². The maximum absolute atomic E-state index is 10.7. The molecule has 5 nitrogen and oxygen atoms in total. The fraction of sp³-hybridized carbons (Fsp3) is 0.455. The minimum atomic E-state index is -0.492. The van der Waals surface area contributed by atoms with Gasteiger partial charge >= 0.3 is 0 Å². The minimum absolute atomic E-state index is 0.492. The Morgan fingerprint density at radius 1 is 1.07 bits per heavy atom. The second-order valence-corrected chi connectivity index (χ2v) is 6.96. The van der Waals surface area contributed by atoms with Gasteiger partial charge in [-0.25, -0.2) is 0 Å². The summed E-state index contributed by atoms with van der Waals surface area (Å²) < 4.78 is 10.7. The Labute approximate surface area is 162 Å². The molecule has 2 aromatic carbocycles. The van der Waals surface area contributed by atoms with Gasteiger partial charge in [0.05, 0.1) is 26.4 Å². The second-order valence-electron chi connectivity index (χ2n) is 6.96. The number of nitrogens with zero attached hydrogens (tertiary/aromatic N) is 2. The van der Waals surface area contributed by atoms with Gasteiger partial charge in [-0.1, -0.05) is 42.5 Å². The van der Waals surface area contributed by atoms with Crippen molar-refractivity contribution < 1.29 is 14.6 Å². The molecule has 146 valence electrons. The van der Waals surface area contributed by atoms with Gasteiger partial charge in [-0.05, 0) is 23.3 Å². The molecule has 2 aromatic rings. The van der Waals surface area contributed by atoms with E-state index in [2.05, 4.69) is 21.9 Å². The molecule has 3 rings (SSSR count). The normalized spacial score (nSPS) is 16.4. The van der Waals surface area contributed by atoms with Crippen molar-refractivity contribution in [2.75, 3.05) is 53.0 Å². The van der Waals surface area contributed by atoms with E-state index in [1.54, 1.807) is 7.11 Å². The van der Waals surface area contributed by atoms with Crippen LogP contribution in [0, 0.1) is 0 Å². The molecule has 1 aliphatic heterocycles. The zero-order valence-corrected chi connectivity index (χ0v) is 16.1. The van der Waals surface area contributed by atoms with Gasteiger partial charge < -0.3 is 14.6 Å². The Kier molecular flexibility index (Phi) is 7.66. The van der Waals surface area contributed by atoms with Crippen LogP contribution in [0.1, 0.15) is 17.2 Å². The van der Waals surface area contributed by atoms with Crippen molar-refractivity contribution in [3.05, 3.63) is 65.7 Å². The van der Waals surface area contributed by atoms with E-state index < -0.39 is 6.10 Å². The lowest BCUT2D eigenvalue weighted by Crippen LogP contribution is -2.42. The van der Waals surface area contributed by atoms with Gasteiger partial charge in [0, 0.05) is 39.3 Å². The summed E-state index contributed by atoms with van der Waals surface area (Å²) in [6.07, 6.45) is -0.492. The molecule has 0 bridgehead atoms. The largest absolute Gasteiger partial charge is 0.497 e. The third kappa shape index (κ3) is 6.33. The number of hydrogen-bond acceptors (Lipinski definition) is 5. The smallest absolute Gasteiger partial charge is 0.118 e. The van der Waals surface area contributed by atoms with Gasteiger partial charge in [-0.3, -0.25) is 9.80 Å². The van der Waals surface area contributed by atoms with Crippen LogP contribution in [0.3, 0.4) is 0 Å². The third-order valence-corrected chi connectivity index (χ3v) is 5.02. The Morgan fingerprint density at radius 3 is 2.44 bits per heavy atom. The quantitative estimate of drug-likeness (QED) is 0.735. The highest BCUT2D eigenvalue weighted by atomic mass is 16.5. The topological polar surface area (TPSA) is 45.2 Å². The summed E-state index contributed by atoms with van der Waals surface area (Å²) >= 11 is 0. The molecule has 1 atom stereocenters. The molecule has 0 spiro atoms. The van der Waals surface area contributed by atoms with Gasteiger partial charge in [0.25, 0.3) is 0 Å². The molecule has 0 aromatic heterocycles. The number of aliphatic hydroxyl groups excluding tert-OH is 1. The lowest BCUT2D eigenvalue weighted by atomic mass is 10.1. The average molecular weight is 370 g/mol. The van der Waals surface area contributed by atoms with E-state index in [1.165, 1.54) is 5.56 Å². The Balaban J connectivity index is 1.62. The fourth-order valence-electron chi connectivity index (χ4n) is 3.36. The minimum Gasteiger partial charge on any atom is -0.497 e. The zero-order valence-electron chi connectivity index (χ0n) is 16.1. The zero-order chi connectivity index (χ0) is 18.9. The van der Waals surface area contributed by atoms with Crippen molar-refractivity contribution in [3.63, 3.8) is 0 Å². The van der Waals surface area contributed by atoms with Gasteiger partial charge in [0.2, 0.25) is 0 Å². The van der Waals surface area contributed by atoms with Crippen molar-refractivity contribution in [1.29, 1.82) is 0 Å². The molecule has 0 radical (unpaired) electrons. The summed E-state index contributed by atoms with van der Waals surface area (Å²) in [4.78, 5) is 4.76. The van der Waals surface area contributed by atoms with E-state index in [1.807, 2.05) is 42.5 Å². The summed E-state index contributed by atoms with van der Waals surface area (Å²) in [7, 11) is 1.68. The summed E-state index contributed by atoms with van der Waals surface area (Å²) in [5.41, 5.74) is 2.18. The van der Waals surface area contributed by atoms with Gasteiger partial charge in [0.1, 0.15) is 5.75 Å². The van der Waals surface area contributed by atoms with Crippen LogP contribution in [0.2, 0.25) is 0 Å². The van der Waals surface area contributed by atoms with Crippen molar-refractivity contribution in [1.82, 2.24) is 9.80 Å². The molecule has 0 unspecified atom stereocenters. The molecule has 0 saturated carbocycles. The van der Waals surface area contributed by atoms with Crippen LogP contribution in [0.5, 0.6) is 5.75 Å². The first kappa shape index (κ1) is 19.8. The fourth-order valence-corrected chi connectivity index (χ4v) is 3.36. The Morgan fingerprint density at radius 2 is 1.78 bits per heavy atom. The van der Waals surface area contributed by atoms with E-state index in [-0.39, 0.29) is 0 Å². The lowest BCUT2D eigenvalue weighted by Gasteiger charge is -2.31. The van der Waals surface area contributed by atoms with Crippen LogP contribution in [-0.2, 0) is 11.3 Å². The third-order valence-electron chi connectivity index (χ3n) is 5.02. The van der Waals surface area contributed by atoms with E-state index >= 15 is 0 Å². The maximum Gasteiger partial charge on any atom is 0.118 e. The van der Waals surface area contributed by atoms with Crippen LogP contribution < -0.4 is 4.74 Å². The van der Waals surface area contributed by atoms with Crippen LogP contribution in [0.25, 0.3) is 0 Å². The highest BCUT2D eigenvalue weighted by Gasteiger charge is 2.17. The molecule has 27 heavy (non-hydrogen) atoms. The van der Waals surface area contributed by atoms with E-state index in [0.29, 0.717) is 6.54 Å². The van der Waals surface area contributed by atoms with E-state index in [0.717, 1.165) is 57.3 Å². The molecule has 0 amide bonds. The first-order chi connectivity index (χ1) is 13.2. The van der Waals surface area contributed by atoms with E-state index in [9.17, 15) is 5.11 Å². The van der Waals surface area contributed by atoms with Crippen LogP contribution >= 0.6 is 0 Å². The number of ether oxygens (including phenoxy) is 2. The number of morpholine rings is 1. The van der Waals surface area contributed by atoms with Gasteiger partial charge in [0.15, 0.2) is 0 Å². The number of benzene rings is 2. The molecule has 5 heteroatoms. The SMILES string of the molecule is COc1ccc(CN(CCN2CCOCC2)C[C@H](O)c2ccccc2)cc1. The number of aliphatic hydroxyl groups is 1. The predicted molar refractivity (Wildman–Crippen MR) is 107 cm³/mol. The first-order valence-corrected chi connectivity index (χ1v) is 9.63. The van der Waals surface area contributed by atoms with Gasteiger partial charge in [-0.2, -0.15) is 0 Å². The second kappa shape index (κ2) is 10.4. The van der Waals surface area contributed by atoms with Crippen molar-refractivity contribution >= 4 is 0 Å². The Bertz CT molecular complexity index is 657. The van der Waals surface area contributed by atoms with Crippen molar-refractivity contribution in [2.24, 2.45) is 0 Å². The van der Waals surface area contributed by atoms with E-state index in [4.69, 9.17) is 9.47 Å². The lowest BCUT2D eigenvalue weighted by molar-refractivity contribution is 0.0291. The van der Waals surface area contributed by atoms with Crippen LogP contribution in [-0.4, -0.2) is 68.0 Å². The van der Waals surface area contributed by atoms with Crippen LogP contribution in [0.15, 0.2) is 54.6 Å². The van der Waals surface area contributed by atoms with Gasteiger partial charge in [-0.15, -0.1) is 0 Å². The summed E-state index contributed by atoms with van der Waals surface area (Å²) in [6.45, 7) is 6.90. The number of methoxy groups -OCH3 is 1. The summed E-state index contributed by atoms with van der Waals surface area (Å²) in [5.74, 6) is 0.864. The predicted octanol–water partition coefficient (Wildman–Crippen LogP) is 2.56. The molecule has 1 aliphatic rings. The maximum atomic E-state index is 10.7. The van der Waals surface area contributed by atoms with Crippen molar-refractivity contribution in [2.45, 2.75) is 12.6 Å². The monoisotopic (exact) mass is 370 g/mol. The number of rotatable bonds is 9. The summed E-state index contributed by atoms with van der Waals surface area (Å²) in [5, 5.41) is 10.7. The molecule has 1 saturated heterocycles. The summed E-state index contributed by atoms with van der Waals surface area (Å²) in [6, 6.07) is 18.1. The Hall–Kier alpha value is -1.92. The molecular weight excluding hydrogens is 340 g/mol. The van der Waals surface area contributed by atoms with Crippen molar-refractivity contribution in [3.8, 4) is 5.75 Å². The molecule has 1 fully saturated rings. The molecule has 0 aliphatic carbocycles. The molecule has 1 N–H and O–H groups in total. The highest BCUT2D eigenvalue weighted by molar-refractivity contribution is 5.27. The first-order valence-electron chi connectivity index (χ1n) is 9.63.